The number of carbonyl (C=O) groups is 1. The Hall–Kier alpha value is -0.633. The molecule has 0 fully saturated rings. The molecule has 14 heavy (non-hydrogen) atoms. The zero-order valence-electron chi connectivity index (χ0n) is 8.99. The number of hydrogen-bond donors (Lipinski definition) is 2. The van der Waals surface area contributed by atoms with Crippen LogP contribution in [0.2, 0.25) is 0 Å². The van der Waals surface area contributed by atoms with Gasteiger partial charge in [0.2, 0.25) is 0 Å². The van der Waals surface area contributed by atoms with Crippen molar-refractivity contribution in [2.75, 3.05) is 21.3 Å². The maximum absolute atomic E-state index is 10.7. The van der Waals surface area contributed by atoms with Crippen molar-refractivity contribution in [2.24, 2.45) is 5.73 Å². The minimum absolute atomic E-state index is 0.319. The Labute approximate surface area is 85.1 Å². The highest BCUT2D eigenvalue weighted by Gasteiger charge is 2.47. The van der Waals surface area contributed by atoms with Gasteiger partial charge in [-0.05, 0) is 6.42 Å². The molecule has 0 aliphatic rings. The molecule has 1 unspecified atom stereocenters. The largest absolute Gasteiger partial charge is 0.523 e. The molecule has 0 bridgehead atoms. The number of hydrogen-bond acceptors (Lipinski definition) is 4. The van der Waals surface area contributed by atoms with E-state index in [0.717, 1.165) is 0 Å². The Morgan fingerprint density at radius 2 is 1.79 bits per heavy atom. The number of amides is 2. The SMILES string of the molecule is CCC(NC(N)=O)[Si](OC)(OC)OC. The predicted octanol–water partition coefficient (Wildman–Crippen LogP) is -0.149. The number of urea groups is 1. The number of nitrogens with one attached hydrogen (secondary N) is 1. The first-order valence-electron chi connectivity index (χ1n) is 4.27. The summed E-state index contributed by atoms with van der Waals surface area (Å²) in [6.07, 6.45) is 0.630. The van der Waals surface area contributed by atoms with Crippen LogP contribution in [0.4, 0.5) is 4.79 Å². The van der Waals surface area contributed by atoms with Crippen LogP contribution in [0.5, 0.6) is 0 Å². The summed E-state index contributed by atoms with van der Waals surface area (Å²) in [5.74, 6) is 0. The zero-order valence-corrected chi connectivity index (χ0v) is 9.99. The minimum atomic E-state index is -2.82. The molecule has 2 amide bonds. The molecule has 0 spiro atoms. The summed E-state index contributed by atoms with van der Waals surface area (Å²) in [7, 11) is 1.65. The van der Waals surface area contributed by atoms with Crippen LogP contribution in [-0.2, 0) is 13.3 Å². The van der Waals surface area contributed by atoms with Crippen LogP contribution >= 0.6 is 0 Å². The third-order valence-corrected chi connectivity index (χ3v) is 5.12. The summed E-state index contributed by atoms with van der Waals surface area (Å²) in [5, 5.41) is 2.55. The molecule has 3 N–H and O–H groups in total. The van der Waals surface area contributed by atoms with Gasteiger partial charge in [0.1, 0.15) is 0 Å². The molecule has 0 aliphatic carbocycles. The summed E-state index contributed by atoms with van der Waals surface area (Å²) >= 11 is 0. The number of rotatable bonds is 6. The monoisotopic (exact) mass is 222 g/mol. The molecule has 0 aromatic rings. The first-order chi connectivity index (χ1) is 6.56. The molecule has 0 saturated heterocycles. The third-order valence-electron chi connectivity index (χ3n) is 2.01. The highest BCUT2D eigenvalue weighted by molar-refractivity contribution is 6.62. The summed E-state index contributed by atoms with van der Waals surface area (Å²) in [5.41, 5.74) is 4.72. The normalized spacial score (nSPS) is 13.7. The van der Waals surface area contributed by atoms with E-state index in [-0.39, 0.29) is 5.67 Å². The van der Waals surface area contributed by atoms with Crippen LogP contribution in [0.1, 0.15) is 13.3 Å². The quantitative estimate of drug-likeness (QED) is 0.612. The van der Waals surface area contributed by atoms with E-state index in [1.807, 2.05) is 6.92 Å². The van der Waals surface area contributed by atoms with Crippen LogP contribution in [0, 0.1) is 0 Å². The fourth-order valence-electron chi connectivity index (χ4n) is 1.29. The van der Waals surface area contributed by atoms with Gasteiger partial charge in [-0.1, -0.05) is 6.92 Å². The number of nitrogens with two attached hydrogens (primary N) is 1. The second-order valence-electron chi connectivity index (χ2n) is 2.69. The van der Waals surface area contributed by atoms with Crippen molar-refractivity contribution in [1.29, 1.82) is 0 Å². The van der Waals surface area contributed by atoms with Crippen LogP contribution in [-0.4, -0.2) is 41.8 Å². The van der Waals surface area contributed by atoms with E-state index < -0.39 is 14.8 Å². The lowest BCUT2D eigenvalue weighted by molar-refractivity contribution is 0.107. The smallest absolute Gasteiger partial charge is 0.376 e. The molecule has 0 saturated carbocycles. The van der Waals surface area contributed by atoms with Crippen molar-refractivity contribution in [2.45, 2.75) is 19.0 Å². The third kappa shape index (κ3) is 2.95. The molecule has 0 heterocycles. The lowest BCUT2D eigenvalue weighted by atomic mass is 10.5. The maximum atomic E-state index is 10.7. The van der Waals surface area contributed by atoms with E-state index in [9.17, 15) is 4.79 Å². The van der Waals surface area contributed by atoms with Crippen LogP contribution in [0.15, 0.2) is 0 Å². The zero-order chi connectivity index (χ0) is 11.2. The predicted molar refractivity (Wildman–Crippen MR) is 53.6 cm³/mol. The molecule has 1 atom stereocenters. The molecule has 0 aliphatic heterocycles. The van der Waals surface area contributed by atoms with E-state index in [1.54, 1.807) is 0 Å². The van der Waals surface area contributed by atoms with Gasteiger partial charge in [-0.25, -0.2) is 4.79 Å². The van der Waals surface area contributed by atoms with Gasteiger partial charge in [0.25, 0.3) is 0 Å². The van der Waals surface area contributed by atoms with Crippen molar-refractivity contribution in [3.8, 4) is 0 Å². The van der Waals surface area contributed by atoms with Crippen molar-refractivity contribution in [3.05, 3.63) is 0 Å². The van der Waals surface area contributed by atoms with Gasteiger partial charge in [-0.2, -0.15) is 0 Å². The van der Waals surface area contributed by atoms with Crippen LogP contribution in [0.3, 0.4) is 0 Å². The second kappa shape index (κ2) is 5.97. The Balaban J connectivity index is 4.64. The van der Waals surface area contributed by atoms with E-state index >= 15 is 0 Å². The fraction of sp³-hybridized carbons (Fsp3) is 0.857. The van der Waals surface area contributed by atoms with E-state index in [0.29, 0.717) is 6.42 Å². The van der Waals surface area contributed by atoms with Gasteiger partial charge in [0.15, 0.2) is 0 Å². The lowest BCUT2D eigenvalue weighted by Crippen LogP contribution is -2.62. The second-order valence-corrected chi connectivity index (χ2v) is 5.81. The molecule has 0 rings (SSSR count). The number of carbonyl (C=O) groups excluding carboxylic acids is 1. The van der Waals surface area contributed by atoms with Crippen molar-refractivity contribution in [1.82, 2.24) is 5.32 Å². The first kappa shape index (κ1) is 13.4. The van der Waals surface area contributed by atoms with Crippen molar-refractivity contribution < 1.29 is 18.1 Å². The van der Waals surface area contributed by atoms with Crippen LogP contribution in [0.25, 0.3) is 0 Å². The van der Waals surface area contributed by atoms with E-state index in [4.69, 9.17) is 19.0 Å². The van der Waals surface area contributed by atoms with E-state index in [1.165, 1.54) is 21.3 Å². The first-order valence-corrected chi connectivity index (χ1v) is 6.07. The summed E-state index contributed by atoms with van der Waals surface area (Å²) in [6.45, 7) is 1.89. The molecular weight excluding hydrogens is 204 g/mol. The topological polar surface area (TPSA) is 82.8 Å². The minimum Gasteiger partial charge on any atom is -0.376 e. The number of primary amides is 1. The van der Waals surface area contributed by atoms with Gasteiger partial charge in [0.05, 0.1) is 5.67 Å². The molecule has 0 radical (unpaired) electrons. The van der Waals surface area contributed by atoms with Gasteiger partial charge < -0.3 is 24.3 Å². The fourth-order valence-corrected chi connectivity index (χ4v) is 3.46. The Kier molecular flexibility index (Phi) is 5.70. The average molecular weight is 222 g/mol. The maximum Gasteiger partial charge on any atom is 0.523 e. The molecule has 0 aromatic heterocycles. The lowest BCUT2D eigenvalue weighted by Gasteiger charge is -2.31. The molecular formula is C7H18N2O4Si. The van der Waals surface area contributed by atoms with Gasteiger partial charge in [-0.15, -0.1) is 0 Å². The summed E-state index contributed by atoms with van der Waals surface area (Å²) < 4.78 is 15.6. The summed E-state index contributed by atoms with van der Waals surface area (Å²) in [6, 6.07) is -0.611. The van der Waals surface area contributed by atoms with Gasteiger partial charge in [-0.3, -0.25) is 0 Å². The van der Waals surface area contributed by atoms with Gasteiger partial charge >= 0.3 is 14.8 Å². The molecule has 0 aromatic carbocycles. The Morgan fingerprint density at radius 1 is 1.36 bits per heavy atom. The van der Waals surface area contributed by atoms with Crippen LogP contribution < -0.4 is 11.1 Å². The Morgan fingerprint density at radius 3 is 2.00 bits per heavy atom. The van der Waals surface area contributed by atoms with Crippen molar-refractivity contribution >= 4 is 14.8 Å². The summed E-state index contributed by atoms with van der Waals surface area (Å²) in [4.78, 5) is 10.7. The standard InChI is InChI=1S/C7H18N2O4Si/c1-5-6(9-7(8)10)14(11-2,12-3)13-4/h6H,5H2,1-4H3,(H3,8,9,10). The molecule has 84 valence electrons. The molecule has 6 nitrogen and oxygen atoms in total. The highest BCUT2D eigenvalue weighted by atomic mass is 28.4. The highest BCUT2D eigenvalue weighted by Crippen LogP contribution is 2.14. The Bertz CT molecular complexity index is 178. The van der Waals surface area contributed by atoms with Crippen molar-refractivity contribution in [3.63, 3.8) is 0 Å². The average Bonchev–Trinajstić information content (AvgIpc) is 2.19. The van der Waals surface area contributed by atoms with E-state index in [2.05, 4.69) is 5.32 Å². The van der Waals surface area contributed by atoms with Gasteiger partial charge in [0, 0.05) is 21.3 Å². The molecule has 7 heteroatoms.